The Labute approximate surface area is 127 Å². The molecule has 0 saturated carbocycles. The third-order valence-electron chi connectivity index (χ3n) is 2.24. The largest absolute Gasteiger partial charge is 0.444 e. The van der Waals surface area contributed by atoms with Gasteiger partial charge < -0.3 is 20.1 Å². The summed E-state index contributed by atoms with van der Waals surface area (Å²) in [5.74, 6) is -0.271. The molecule has 6 nitrogen and oxygen atoms in total. The predicted octanol–water partition coefficient (Wildman–Crippen LogP) is 2.22. The lowest BCUT2D eigenvalue weighted by atomic mass is 10.2. The van der Waals surface area contributed by atoms with Gasteiger partial charge in [-0.05, 0) is 48.0 Å². The van der Waals surface area contributed by atoms with E-state index in [2.05, 4.69) is 10.6 Å². The summed E-state index contributed by atoms with van der Waals surface area (Å²) in [6.45, 7) is 13.6. The molecule has 0 aliphatic heterocycles. The van der Waals surface area contributed by atoms with E-state index in [1.807, 2.05) is 27.7 Å². The fourth-order valence-electron chi connectivity index (χ4n) is 1.34. The van der Waals surface area contributed by atoms with E-state index in [0.717, 1.165) is 6.42 Å². The predicted molar refractivity (Wildman–Crippen MR) is 82.2 cm³/mol. The van der Waals surface area contributed by atoms with Gasteiger partial charge in [-0.15, -0.1) is 0 Å². The number of rotatable bonds is 6. The van der Waals surface area contributed by atoms with Gasteiger partial charge in [0.25, 0.3) is 0 Å². The first-order chi connectivity index (χ1) is 9.44. The van der Waals surface area contributed by atoms with Crippen LogP contribution in [0, 0.1) is 0 Å². The van der Waals surface area contributed by atoms with Gasteiger partial charge in [-0.3, -0.25) is 4.79 Å². The summed E-state index contributed by atoms with van der Waals surface area (Å²) in [4.78, 5) is 23.9. The van der Waals surface area contributed by atoms with E-state index in [4.69, 9.17) is 9.47 Å². The molecule has 0 radical (unpaired) electrons. The molecule has 6 heteroatoms. The maximum Gasteiger partial charge on any atom is 0.408 e. The van der Waals surface area contributed by atoms with Crippen LogP contribution in [0.5, 0.6) is 0 Å². The van der Waals surface area contributed by atoms with E-state index < -0.39 is 17.7 Å². The average Bonchev–Trinajstić information content (AvgIpc) is 2.27. The van der Waals surface area contributed by atoms with Crippen LogP contribution >= 0.6 is 0 Å². The van der Waals surface area contributed by atoms with Crippen molar-refractivity contribution in [1.29, 1.82) is 0 Å². The van der Waals surface area contributed by atoms with Crippen molar-refractivity contribution in [2.75, 3.05) is 13.2 Å². The molecule has 0 spiro atoms. The summed E-state index contributed by atoms with van der Waals surface area (Å²) >= 11 is 0. The van der Waals surface area contributed by atoms with Gasteiger partial charge in [-0.25, -0.2) is 4.79 Å². The maximum absolute atomic E-state index is 12.1. The summed E-state index contributed by atoms with van der Waals surface area (Å²) in [6.07, 6.45) is 0.196. The van der Waals surface area contributed by atoms with Crippen LogP contribution in [0.15, 0.2) is 0 Å². The molecule has 0 rings (SSSR count). The van der Waals surface area contributed by atoms with Gasteiger partial charge in [-0.2, -0.15) is 0 Å². The highest BCUT2D eigenvalue weighted by Gasteiger charge is 2.26. The van der Waals surface area contributed by atoms with Crippen LogP contribution in [0.25, 0.3) is 0 Å². The van der Waals surface area contributed by atoms with Crippen LogP contribution in [0.3, 0.4) is 0 Å². The van der Waals surface area contributed by atoms with Crippen LogP contribution in [0.4, 0.5) is 4.79 Å². The second-order valence-corrected chi connectivity index (χ2v) is 6.91. The number of carbonyl (C=O) groups excluding carboxylic acids is 2. The first-order valence-electron chi connectivity index (χ1n) is 7.36. The van der Waals surface area contributed by atoms with Gasteiger partial charge in [-0.1, -0.05) is 6.92 Å². The van der Waals surface area contributed by atoms with Gasteiger partial charge in [0.2, 0.25) is 5.91 Å². The van der Waals surface area contributed by atoms with Crippen molar-refractivity contribution in [2.45, 2.75) is 72.1 Å². The van der Waals surface area contributed by atoms with Crippen molar-refractivity contribution >= 4 is 12.0 Å². The van der Waals surface area contributed by atoms with Crippen molar-refractivity contribution in [3.8, 4) is 0 Å². The number of carbonyl (C=O) groups is 2. The van der Waals surface area contributed by atoms with E-state index >= 15 is 0 Å². The second kappa shape index (κ2) is 8.22. The Balaban J connectivity index is 4.64. The molecule has 124 valence electrons. The zero-order valence-corrected chi connectivity index (χ0v) is 14.3. The van der Waals surface area contributed by atoms with E-state index in [9.17, 15) is 9.59 Å². The second-order valence-electron chi connectivity index (χ2n) is 6.91. The summed E-state index contributed by atoms with van der Waals surface area (Å²) in [5.41, 5.74) is -1.00. The van der Waals surface area contributed by atoms with Gasteiger partial charge in [0.1, 0.15) is 11.6 Å². The van der Waals surface area contributed by atoms with E-state index in [-0.39, 0.29) is 18.1 Å². The molecular weight excluding hydrogens is 272 g/mol. The standard InChI is InChI=1S/C15H30N2O4/c1-8-9-16-12(18)11(10-20-14(2,3)4)17-13(19)21-15(5,6)7/h11H,8-10H2,1-7H3,(H,16,18)(H,17,19)/t11-/m0/s1. The fourth-order valence-corrected chi connectivity index (χ4v) is 1.34. The van der Waals surface area contributed by atoms with Crippen molar-refractivity contribution in [3.05, 3.63) is 0 Å². The minimum absolute atomic E-state index is 0.0955. The molecule has 0 aromatic rings. The van der Waals surface area contributed by atoms with Gasteiger partial charge in [0.15, 0.2) is 0 Å². The lowest BCUT2D eigenvalue weighted by molar-refractivity contribution is -0.126. The summed E-state index contributed by atoms with van der Waals surface area (Å²) in [5, 5.41) is 5.30. The molecule has 0 bridgehead atoms. The Kier molecular flexibility index (Phi) is 7.71. The highest BCUT2D eigenvalue weighted by Crippen LogP contribution is 2.09. The monoisotopic (exact) mass is 302 g/mol. The number of amides is 2. The molecule has 0 aliphatic carbocycles. The van der Waals surface area contributed by atoms with Gasteiger partial charge in [0.05, 0.1) is 12.2 Å². The number of alkyl carbamates (subject to hydrolysis) is 1. The molecular formula is C15H30N2O4. The number of hydrogen-bond acceptors (Lipinski definition) is 4. The van der Waals surface area contributed by atoms with Crippen LogP contribution in [0.2, 0.25) is 0 Å². The Hall–Kier alpha value is -1.30. The third kappa shape index (κ3) is 11.1. The molecule has 0 heterocycles. The highest BCUT2D eigenvalue weighted by molar-refractivity contribution is 5.85. The van der Waals surface area contributed by atoms with Crippen LogP contribution in [-0.2, 0) is 14.3 Å². The van der Waals surface area contributed by atoms with E-state index in [0.29, 0.717) is 6.54 Å². The maximum atomic E-state index is 12.1. The van der Waals surface area contributed by atoms with E-state index in [1.165, 1.54) is 0 Å². The first kappa shape index (κ1) is 19.7. The Morgan fingerprint density at radius 2 is 1.62 bits per heavy atom. The zero-order valence-electron chi connectivity index (χ0n) is 14.3. The van der Waals surface area contributed by atoms with Crippen molar-refractivity contribution in [2.24, 2.45) is 0 Å². The van der Waals surface area contributed by atoms with Crippen LogP contribution < -0.4 is 10.6 Å². The van der Waals surface area contributed by atoms with Crippen LogP contribution in [-0.4, -0.2) is 42.4 Å². The molecule has 0 aliphatic rings. The summed E-state index contributed by atoms with van der Waals surface area (Å²) < 4.78 is 10.8. The summed E-state index contributed by atoms with van der Waals surface area (Å²) in [6, 6.07) is -0.773. The number of nitrogens with one attached hydrogen (secondary N) is 2. The van der Waals surface area contributed by atoms with Crippen molar-refractivity contribution in [1.82, 2.24) is 10.6 Å². The van der Waals surface area contributed by atoms with E-state index in [1.54, 1.807) is 20.8 Å². The molecule has 2 amide bonds. The summed E-state index contributed by atoms with van der Waals surface area (Å²) in [7, 11) is 0. The number of hydrogen-bond donors (Lipinski definition) is 2. The fraction of sp³-hybridized carbons (Fsp3) is 0.867. The lowest BCUT2D eigenvalue weighted by Crippen LogP contribution is -2.51. The molecule has 0 saturated heterocycles. The molecule has 0 unspecified atom stereocenters. The Morgan fingerprint density at radius 1 is 1.05 bits per heavy atom. The molecule has 0 fully saturated rings. The Morgan fingerprint density at radius 3 is 2.05 bits per heavy atom. The molecule has 0 aromatic heterocycles. The van der Waals surface area contributed by atoms with Gasteiger partial charge in [0, 0.05) is 6.54 Å². The topological polar surface area (TPSA) is 76.7 Å². The first-order valence-corrected chi connectivity index (χ1v) is 7.36. The van der Waals surface area contributed by atoms with Crippen LogP contribution in [0.1, 0.15) is 54.9 Å². The highest BCUT2D eigenvalue weighted by atomic mass is 16.6. The normalized spacial score (nSPS) is 13.5. The average molecular weight is 302 g/mol. The SMILES string of the molecule is CCCNC(=O)[C@H](COC(C)(C)C)NC(=O)OC(C)(C)C. The third-order valence-corrected chi connectivity index (χ3v) is 2.24. The number of ether oxygens (including phenoxy) is 2. The lowest BCUT2D eigenvalue weighted by Gasteiger charge is -2.26. The molecule has 2 N–H and O–H groups in total. The molecule has 21 heavy (non-hydrogen) atoms. The minimum Gasteiger partial charge on any atom is -0.444 e. The van der Waals surface area contributed by atoms with Gasteiger partial charge >= 0.3 is 6.09 Å². The Bertz CT molecular complexity index is 343. The quantitative estimate of drug-likeness (QED) is 0.789. The minimum atomic E-state index is -0.773. The smallest absolute Gasteiger partial charge is 0.408 e. The van der Waals surface area contributed by atoms with Crippen molar-refractivity contribution in [3.63, 3.8) is 0 Å². The molecule has 1 atom stereocenters. The zero-order chi connectivity index (χ0) is 16.7. The van der Waals surface area contributed by atoms with Crippen molar-refractivity contribution < 1.29 is 19.1 Å². The molecule has 0 aromatic carbocycles.